The van der Waals surface area contributed by atoms with Crippen molar-refractivity contribution in [2.75, 3.05) is 39.3 Å². The van der Waals surface area contributed by atoms with Crippen LogP contribution < -0.4 is 5.32 Å². The van der Waals surface area contributed by atoms with Gasteiger partial charge in [0.25, 0.3) is 0 Å². The van der Waals surface area contributed by atoms with Crippen molar-refractivity contribution in [3.8, 4) is 22.6 Å². The molecule has 2 aliphatic rings. The van der Waals surface area contributed by atoms with Gasteiger partial charge in [-0.1, -0.05) is 12.1 Å². The van der Waals surface area contributed by atoms with Crippen LogP contribution in [0.3, 0.4) is 0 Å². The van der Waals surface area contributed by atoms with Crippen LogP contribution in [0.2, 0.25) is 0 Å². The molecule has 0 amide bonds. The van der Waals surface area contributed by atoms with Crippen LogP contribution in [-0.2, 0) is 4.74 Å². The number of imidazole rings is 1. The first-order valence-electron chi connectivity index (χ1n) is 13.1. The molecule has 6 rings (SSSR count). The van der Waals surface area contributed by atoms with Gasteiger partial charge in [0, 0.05) is 42.5 Å². The summed E-state index contributed by atoms with van der Waals surface area (Å²) in [5.74, 6) is -0.331. The quantitative estimate of drug-likeness (QED) is 0.292. The number of rotatable bonds is 7. The number of benzene rings is 1. The molecular formula is C29H32N6O2. The molecule has 0 radical (unpaired) electrons. The van der Waals surface area contributed by atoms with Gasteiger partial charge in [-0.05, 0) is 75.0 Å². The van der Waals surface area contributed by atoms with Crippen molar-refractivity contribution in [1.82, 2.24) is 30.2 Å². The summed E-state index contributed by atoms with van der Waals surface area (Å²) in [6, 6.07) is 13.7. The zero-order valence-corrected chi connectivity index (χ0v) is 21.2. The maximum absolute atomic E-state index is 12.7. The van der Waals surface area contributed by atoms with Gasteiger partial charge in [0.2, 0.25) is 0 Å². The highest BCUT2D eigenvalue weighted by molar-refractivity contribution is 5.95. The van der Waals surface area contributed by atoms with Gasteiger partial charge in [0.1, 0.15) is 0 Å². The van der Waals surface area contributed by atoms with Gasteiger partial charge in [0.05, 0.1) is 41.1 Å². The highest BCUT2D eigenvalue weighted by atomic mass is 16.5. The first-order chi connectivity index (χ1) is 18.1. The van der Waals surface area contributed by atoms with Gasteiger partial charge >= 0.3 is 5.97 Å². The van der Waals surface area contributed by atoms with E-state index in [4.69, 9.17) is 4.74 Å². The van der Waals surface area contributed by atoms with Crippen LogP contribution in [0.4, 0.5) is 0 Å². The van der Waals surface area contributed by atoms with Gasteiger partial charge < -0.3 is 19.9 Å². The van der Waals surface area contributed by atoms with E-state index in [1.165, 1.54) is 25.9 Å². The van der Waals surface area contributed by atoms with Gasteiger partial charge in [-0.15, -0.1) is 0 Å². The van der Waals surface area contributed by atoms with E-state index < -0.39 is 0 Å². The number of hydrogen-bond acceptors (Lipinski definition) is 7. The first-order valence-corrected chi connectivity index (χ1v) is 13.1. The zero-order valence-electron chi connectivity index (χ0n) is 21.2. The van der Waals surface area contributed by atoms with E-state index in [2.05, 4.69) is 30.2 Å². The smallest absolute Gasteiger partial charge is 0.339 e. The molecule has 4 aromatic rings. The highest BCUT2D eigenvalue weighted by Crippen LogP contribution is 2.38. The molecule has 8 heteroatoms. The molecule has 0 unspecified atom stereocenters. The second-order valence-electron chi connectivity index (χ2n) is 10.4. The topological polar surface area (TPSA) is 96.0 Å². The van der Waals surface area contributed by atoms with Crippen LogP contribution in [0.15, 0.2) is 55.0 Å². The Hall–Kier alpha value is -3.62. The molecule has 0 saturated carbocycles. The summed E-state index contributed by atoms with van der Waals surface area (Å²) < 4.78 is 5.58. The number of ether oxygens (including phenoxy) is 1. The number of hydrogen-bond donors (Lipinski definition) is 2. The summed E-state index contributed by atoms with van der Waals surface area (Å²) in [6.07, 6.45) is 6.67. The molecule has 3 aromatic heterocycles. The number of aromatic amines is 1. The number of esters is 1. The summed E-state index contributed by atoms with van der Waals surface area (Å²) in [5.41, 5.74) is 6.20. The number of likely N-dealkylation sites (tertiary alicyclic amines) is 1. The molecule has 0 bridgehead atoms. The van der Waals surface area contributed by atoms with E-state index in [-0.39, 0.29) is 5.97 Å². The van der Waals surface area contributed by atoms with Crippen LogP contribution in [0.1, 0.15) is 35.3 Å². The maximum atomic E-state index is 12.7. The lowest BCUT2D eigenvalue weighted by molar-refractivity contribution is -0.0261. The monoisotopic (exact) mass is 496 g/mol. The van der Waals surface area contributed by atoms with E-state index in [1.54, 1.807) is 12.5 Å². The summed E-state index contributed by atoms with van der Waals surface area (Å²) >= 11 is 0. The number of carbonyl (C=O) groups excluding carboxylic acids is 1. The number of aromatic nitrogens is 4. The Kier molecular flexibility index (Phi) is 6.44. The number of nitrogens with zero attached hydrogens (tertiary/aromatic N) is 4. The summed E-state index contributed by atoms with van der Waals surface area (Å²) in [7, 11) is 0. The number of piperidine rings is 1. The third kappa shape index (κ3) is 4.99. The average Bonchev–Trinajstić information content (AvgIpc) is 3.40. The number of aryl methyl sites for hydroxylation is 1. The minimum atomic E-state index is -0.331. The van der Waals surface area contributed by atoms with E-state index in [9.17, 15) is 4.79 Å². The number of pyridine rings is 2. The Bertz CT molecular complexity index is 1420. The van der Waals surface area contributed by atoms with Crippen LogP contribution in [0.25, 0.3) is 33.5 Å². The van der Waals surface area contributed by atoms with Gasteiger partial charge in [-0.25, -0.2) is 9.78 Å². The largest absolute Gasteiger partial charge is 0.462 e. The van der Waals surface area contributed by atoms with Crippen molar-refractivity contribution in [2.45, 2.75) is 26.2 Å². The molecule has 37 heavy (non-hydrogen) atoms. The van der Waals surface area contributed by atoms with E-state index >= 15 is 0 Å². The molecule has 1 aromatic carbocycles. The summed E-state index contributed by atoms with van der Waals surface area (Å²) in [6.45, 7) is 8.00. The lowest BCUT2D eigenvalue weighted by Gasteiger charge is -2.52. The number of H-pyrrole nitrogens is 1. The Labute approximate surface area is 216 Å². The fraction of sp³-hybridized carbons (Fsp3) is 0.379. The molecule has 8 nitrogen and oxygen atoms in total. The Balaban J connectivity index is 1.09. The molecule has 190 valence electrons. The van der Waals surface area contributed by atoms with E-state index in [0.717, 1.165) is 65.3 Å². The summed E-state index contributed by atoms with van der Waals surface area (Å²) in [5, 5.41) is 4.31. The SMILES string of the molecule is Cc1cccc(-c2[nH]cnc2-c2ccc3ncc(C(=O)OCCCN4CC5(CCNCC5)C4)cc3c2)n1. The molecule has 0 aliphatic carbocycles. The summed E-state index contributed by atoms with van der Waals surface area (Å²) in [4.78, 5) is 32.1. The molecule has 0 atom stereocenters. The van der Waals surface area contributed by atoms with Crippen molar-refractivity contribution in [3.63, 3.8) is 0 Å². The van der Waals surface area contributed by atoms with Crippen molar-refractivity contribution in [2.24, 2.45) is 5.41 Å². The van der Waals surface area contributed by atoms with E-state index in [1.807, 2.05) is 49.4 Å². The molecule has 2 aliphatic heterocycles. The molecular weight excluding hydrogens is 464 g/mol. The van der Waals surface area contributed by atoms with Gasteiger partial charge in [-0.3, -0.25) is 9.97 Å². The fourth-order valence-corrected chi connectivity index (χ4v) is 5.65. The molecule has 2 saturated heterocycles. The lowest BCUT2D eigenvalue weighted by atomic mass is 9.72. The van der Waals surface area contributed by atoms with Gasteiger partial charge in [-0.2, -0.15) is 0 Å². The normalized spacial score (nSPS) is 17.1. The Morgan fingerprint density at radius 3 is 2.81 bits per heavy atom. The highest BCUT2D eigenvalue weighted by Gasteiger charge is 2.42. The number of carbonyl (C=O) groups is 1. The predicted octanol–water partition coefficient (Wildman–Crippen LogP) is 4.23. The standard InChI is InChI=1S/C29H32N6O2/c1-20-4-2-5-25(34-20)27-26(32-19-33-27)21-6-7-24-22(14-21)15-23(16-31-24)28(36)37-13-3-12-35-17-29(18-35)8-10-30-11-9-29/h2,4-7,14-16,19,30H,3,8-13,17-18H2,1H3,(H,32,33). The Morgan fingerprint density at radius 2 is 1.97 bits per heavy atom. The number of fused-ring (bicyclic) bond motifs is 1. The third-order valence-corrected chi connectivity index (χ3v) is 7.61. The molecule has 5 heterocycles. The van der Waals surface area contributed by atoms with Crippen LogP contribution >= 0.6 is 0 Å². The lowest BCUT2D eigenvalue weighted by Crippen LogP contribution is -2.59. The number of nitrogens with one attached hydrogen (secondary N) is 2. The molecule has 1 spiro atoms. The molecule has 2 fully saturated rings. The second kappa shape index (κ2) is 10.0. The van der Waals surface area contributed by atoms with Crippen LogP contribution in [0, 0.1) is 12.3 Å². The van der Waals surface area contributed by atoms with Crippen molar-refractivity contribution in [3.05, 3.63) is 66.2 Å². The predicted molar refractivity (Wildman–Crippen MR) is 143 cm³/mol. The Morgan fingerprint density at radius 1 is 1.11 bits per heavy atom. The molecule has 2 N–H and O–H groups in total. The van der Waals surface area contributed by atoms with Gasteiger partial charge in [0.15, 0.2) is 0 Å². The van der Waals surface area contributed by atoms with Crippen molar-refractivity contribution < 1.29 is 9.53 Å². The first kappa shape index (κ1) is 23.8. The maximum Gasteiger partial charge on any atom is 0.339 e. The van der Waals surface area contributed by atoms with Crippen LogP contribution in [-0.4, -0.2) is 70.1 Å². The minimum absolute atomic E-state index is 0.331. The fourth-order valence-electron chi connectivity index (χ4n) is 5.65. The van der Waals surface area contributed by atoms with Crippen LogP contribution in [0.5, 0.6) is 0 Å². The minimum Gasteiger partial charge on any atom is -0.462 e. The van der Waals surface area contributed by atoms with E-state index in [0.29, 0.717) is 17.6 Å². The van der Waals surface area contributed by atoms with Crippen molar-refractivity contribution in [1.29, 1.82) is 0 Å². The second-order valence-corrected chi connectivity index (χ2v) is 10.4. The zero-order chi connectivity index (χ0) is 25.2. The third-order valence-electron chi connectivity index (χ3n) is 7.61. The van der Waals surface area contributed by atoms with Crippen molar-refractivity contribution >= 4 is 16.9 Å². The average molecular weight is 497 g/mol.